The van der Waals surface area contributed by atoms with Crippen molar-refractivity contribution in [2.75, 3.05) is 7.11 Å². The predicted molar refractivity (Wildman–Crippen MR) is 90.0 cm³/mol. The molecule has 0 radical (unpaired) electrons. The highest BCUT2D eigenvalue weighted by Gasteiger charge is 2.17. The number of hydrogen-bond donors (Lipinski definition) is 1. The lowest BCUT2D eigenvalue weighted by Gasteiger charge is -2.18. The summed E-state index contributed by atoms with van der Waals surface area (Å²) in [7, 11) is 1.52. The summed E-state index contributed by atoms with van der Waals surface area (Å²) in [5.41, 5.74) is 1.42. The minimum absolute atomic E-state index is 0.103. The number of methoxy groups -OCH3 is 1. The van der Waals surface area contributed by atoms with Crippen molar-refractivity contribution in [2.24, 2.45) is 0 Å². The first-order chi connectivity index (χ1) is 10.5. The van der Waals surface area contributed by atoms with Crippen LogP contribution in [0.15, 0.2) is 42.5 Å². The molecule has 0 spiro atoms. The van der Waals surface area contributed by atoms with Gasteiger partial charge in [-0.05, 0) is 42.3 Å². The van der Waals surface area contributed by atoms with E-state index in [1.165, 1.54) is 7.11 Å². The van der Waals surface area contributed by atoms with Crippen molar-refractivity contribution in [3.05, 3.63) is 63.6 Å². The van der Waals surface area contributed by atoms with Crippen LogP contribution in [0.4, 0.5) is 0 Å². The van der Waals surface area contributed by atoms with Gasteiger partial charge in [-0.15, -0.1) is 0 Å². The van der Waals surface area contributed by atoms with Gasteiger partial charge in [0.2, 0.25) is 0 Å². The fourth-order valence-electron chi connectivity index (χ4n) is 2.21. The van der Waals surface area contributed by atoms with Crippen LogP contribution in [0.2, 0.25) is 10.0 Å². The largest absolute Gasteiger partial charge is 0.496 e. The fourth-order valence-corrected chi connectivity index (χ4v) is 2.51. The molecule has 0 heterocycles. The van der Waals surface area contributed by atoms with Crippen LogP contribution in [0.25, 0.3) is 0 Å². The van der Waals surface area contributed by atoms with Crippen LogP contribution in [0.1, 0.15) is 35.3 Å². The molecule has 1 atom stereocenters. The van der Waals surface area contributed by atoms with E-state index in [0.717, 1.165) is 12.0 Å². The number of rotatable bonds is 5. The Morgan fingerprint density at radius 2 is 1.77 bits per heavy atom. The van der Waals surface area contributed by atoms with Gasteiger partial charge in [0.1, 0.15) is 5.75 Å². The van der Waals surface area contributed by atoms with Gasteiger partial charge in [0.25, 0.3) is 5.91 Å². The van der Waals surface area contributed by atoms with E-state index >= 15 is 0 Å². The first-order valence-corrected chi connectivity index (χ1v) is 7.70. The third kappa shape index (κ3) is 3.93. The van der Waals surface area contributed by atoms with Crippen molar-refractivity contribution in [3.8, 4) is 5.75 Å². The molecule has 5 heteroatoms. The zero-order valence-electron chi connectivity index (χ0n) is 12.4. The van der Waals surface area contributed by atoms with Crippen LogP contribution in [-0.4, -0.2) is 13.0 Å². The van der Waals surface area contributed by atoms with Crippen LogP contribution >= 0.6 is 23.2 Å². The number of carbonyl (C=O) groups is 1. The third-order valence-electron chi connectivity index (χ3n) is 3.39. The van der Waals surface area contributed by atoms with E-state index in [4.69, 9.17) is 27.9 Å². The summed E-state index contributed by atoms with van der Waals surface area (Å²) >= 11 is 11.9. The quantitative estimate of drug-likeness (QED) is 0.843. The Kier molecular flexibility index (Phi) is 5.69. The summed E-state index contributed by atoms with van der Waals surface area (Å²) in [4.78, 5) is 12.5. The average molecular weight is 338 g/mol. The second kappa shape index (κ2) is 7.52. The first-order valence-electron chi connectivity index (χ1n) is 6.95. The molecule has 0 aromatic heterocycles. The maximum atomic E-state index is 12.5. The van der Waals surface area contributed by atoms with Crippen molar-refractivity contribution < 1.29 is 9.53 Å². The Morgan fingerprint density at radius 1 is 1.14 bits per heavy atom. The molecule has 3 nitrogen and oxygen atoms in total. The van der Waals surface area contributed by atoms with Gasteiger partial charge in [0.05, 0.1) is 18.7 Å². The molecule has 1 unspecified atom stereocenters. The van der Waals surface area contributed by atoms with E-state index in [9.17, 15) is 4.79 Å². The van der Waals surface area contributed by atoms with Gasteiger partial charge in [-0.2, -0.15) is 0 Å². The molecule has 0 saturated heterocycles. The van der Waals surface area contributed by atoms with Crippen molar-refractivity contribution in [3.63, 3.8) is 0 Å². The highest BCUT2D eigenvalue weighted by atomic mass is 35.5. The Balaban J connectivity index is 2.22. The highest BCUT2D eigenvalue weighted by Crippen LogP contribution is 2.25. The number of ether oxygens (including phenoxy) is 1. The molecule has 116 valence electrons. The summed E-state index contributed by atoms with van der Waals surface area (Å²) in [6.07, 6.45) is 0.760. The molecule has 22 heavy (non-hydrogen) atoms. The van der Waals surface area contributed by atoms with Crippen molar-refractivity contribution in [1.29, 1.82) is 0 Å². The number of nitrogens with one attached hydrogen (secondary N) is 1. The summed E-state index contributed by atoms with van der Waals surface area (Å²) in [5, 5.41) is 4.16. The molecule has 0 aliphatic carbocycles. The monoisotopic (exact) mass is 337 g/mol. The molecule has 2 aromatic carbocycles. The maximum Gasteiger partial charge on any atom is 0.255 e. The van der Waals surface area contributed by atoms with Gasteiger partial charge in [0.15, 0.2) is 0 Å². The Hall–Kier alpha value is -1.71. The molecule has 0 bridgehead atoms. The molecular formula is C17H17Cl2NO2. The Bertz CT molecular complexity index is 656. The number of amides is 1. The fraction of sp³-hybridized carbons (Fsp3) is 0.235. The van der Waals surface area contributed by atoms with Crippen molar-refractivity contribution in [1.82, 2.24) is 5.32 Å². The molecule has 0 saturated carbocycles. The van der Waals surface area contributed by atoms with Gasteiger partial charge in [-0.1, -0.05) is 42.3 Å². The number of hydrogen-bond acceptors (Lipinski definition) is 2. The lowest BCUT2D eigenvalue weighted by Crippen LogP contribution is -2.28. The normalized spacial score (nSPS) is 11.8. The van der Waals surface area contributed by atoms with Gasteiger partial charge < -0.3 is 10.1 Å². The van der Waals surface area contributed by atoms with E-state index in [1.54, 1.807) is 18.2 Å². The predicted octanol–water partition coefficient (Wildman–Crippen LogP) is 4.88. The number of carbonyl (C=O) groups excluding carboxylic acids is 1. The average Bonchev–Trinajstić information content (AvgIpc) is 2.53. The molecule has 0 fully saturated rings. The van der Waals surface area contributed by atoms with E-state index in [1.807, 2.05) is 31.2 Å². The first kappa shape index (κ1) is 16.7. The zero-order chi connectivity index (χ0) is 16.1. The van der Waals surface area contributed by atoms with E-state index in [2.05, 4.69) is 5.32 Å². The van der Waals surface area contributed by atoms with Crippen LogP contribution in [0.3, 0.4) is 0 Å². The van der Waals surface area contributed by atoms with Crippen LogP contribution in [-0.2, 0) is 0 Å². The summed E-state index contributed by atoms with van der Waals surface area (Å²) in [6.45, 7) is 2.01. The summed E-state index contributed by atoms with van der Waals surface area (Å²) in [6, 6.07) is 12.3. The smallest absolute Gasteiger partial charge is 0.255 e. The maximum absolute atomic E-state index is 12.5. The van der Waals surface area contributed by atoms with Crippen molar-refractivity contribution >= 4 is 29.1 Å². The van der Waals surface area contributed by atoms with E-state index < -0.39 is 0 Å². The molecule has 2 rings (SSSR count). The molecule has 2 aromatic rings. The molecule has 0 aliphatic heterocycles. The molecule has 1 N–H and O–H groups in total. The van der Waals surface area contributed by atoms with E-state index in [-0.39, 0.29) is 11.9 Å². The van der Waals surface area contributed by atoms with Gasteiger partial charge in [0, 0.05) is 10.0 Å². The van der Waals surface area contributed by atoms with E-state index in [0.29, 0.717) is 21.4 Å². The lowest BCUT2D eigenvalue weighted by atomic mass is 10.0. The SMILES string of the molecule is CCC(NC(=O)c1cc(Cl)ccc1OC)c1ccc(Cl)cc1. The van der Waals surface area contributed by atoms with Gasteiger partial charge >= 0.3 is 0 Å². The minimum Gasteiger partial charge on any atom is -0.496 e. The van der Waals surface area contributed by atoms with Crippen LogP contribution in [0.5, 0.6) is 5.75 Å². The second-order valence-electron chi connectivity index (χ2n) is 4.83. The van der Waals surface area contributed by atoms with Crippen LogP contribution in [0, 0.1) is 0 Å². The summed E-state index contributed by atoms with van der Waals surface area (Å²) in [5.74, 6) is 0.272. The highest BCUT2D eigenvalue weighted by molar-refractivity contribution is 6.31. The van der Waals surface area contributed by atoms with Gasteiger partial charge in [-0.25, -0.2) is 0 Å². The Labute approximate surface area is 140 Å². The topological polar surface area (TPSA) is 38.3 Å². The van der Waals surface area contributed by atoms with Crippen LogP contribution < -0.4 is 10.1 Å². The summed E-state index contributed by atoms with van der Waals surface area (Å²) < 4.78 is 5.22. The molecule has 0 aliphatic rings. The molecular weight excluding hydrogens is 321 g/mol. The minimum atomic E-state index is -0.221. The van der Waals surface area contributed by atoms with Gasteiger partial charge in [-0.3, -0.25) is 4.79 Å². The molecule has 1 amide bonds. The number of benzene rings is 2. The Morgan fingerprint density at radius 3 is 2.36 bits per heavy atom. The second-order valence-corrected chi connectivity index (χ2v) is 5.70. The third-order valence-corrected chi connectivity index (χ3v) is 3.88. The zero-order valence-corrected chi connectivity index (χ0v) is 13.9. The number of halogens is 2. The standard InChI is InChI=1S/C17H17Cl2NO2/c1-3-15(11-4-6-12(18)7-5-11)20-17(21)14-10-13(19)8-9-16(14)22-2/h4-10,15H,3H2,1-2H3,(H,20,21). The lowest BCUT2D eigenvalue weighted by molar-refractivity contribution is 0.0932. The van der Waals surface area contributed by atoms with Crippen molar-refractivity contribution in [2.45, 2.75) is 19.4 Å².